The number of benzene rings is 1. The van der Waals surface area contributed by atoms with Gasteiger partial charge < -0.3 is 21.7 Å². The van der Waals surface area contributed by atoms with Gasteiger partial charge in [0, 0.05) is 24.8 Å². The molecule has 1 rings (SSSR count). The lowest BCUT2D eigenvalue weighted by molar-refractivity contribution is -0.134. The number of hydrogen-bond acceptors (Lipinski definition) is 4. The first-order chi connectivity index (χ1) is 15.2. The average molecular weight is 461 g/mol. The maximum Gasteiger partial charge on any atom is 0.312 e. The number of nitrogens with one attached hydrogen (secondary N) is 3. The van der Waals surface area contributed by atoms with E-state index in [9.17, 15) is 19.2 Å². The molecule has 0 aliphatic carbocycles. The molecule has 0 bridgehead atoms. The molecule has 184 valence electrons. The zero-order valence-corrected chi connectivity index (χ0v) is 20.8. The second-order valence-electron chi connectivity index (χ2n) is 10.7. The van der Waals surface area contributed by atoms with E-state index < -0.39 is 29.4 Å². The van der Waals surface area contributed by atoms with Crippen molar-refractivity contribution >= 4 is 23.6 Å². The molecule has 0 aromatic heterocycles. The first-order valence-electron chi connectivity index (χ1n) is 11.4. The van der Waals surface area contributed by atoms with E-state index in [-0.39, 0.29) is 23.5 Å². The Kier molecular flexibility index (Phi) is 10.5. The van der Waals surface area contributed by atoms with Crippen LogP contribution < -0.4 is 21.7 Å². The zero-order chi connectivity index (χ0) is 25.2. The molecule has 0 radical (unpaired) electrons. The van der Waals surface area contributed by atoms with Crippen LogP contribution in [0.4, 0.5) is 4.79 Å². The molecule has 0 saturated heterocycles. The molecule has 0 spiro atoms. The molecule has 2 atom stereocenters. The van der Waals surface area contributed by atoms with E-state index in [0.29, 0.717) is 25.8 Å². The van der Waals surface area contributed by atoms with Gasteiger partial charge in [0.25, 0.3) is 0 Å². The summed E-state index contributed by atoms with van der Waals surface area (Å²) in [7, 11) is 0. The van der Waals surface area contributed by atoms with Crippen molar-refractivity contribution in [3.05, 3.63) is 35.9 Å². The van der Waals surface area contributed by atoms with E-state index in [4.69, 9.17) is 5.73 Å². The van der Waals surface area contributed by atoms with Gasteiger partial charge >= 0.3 is 6.03 Å². The maximum atomic E-state index is 13.3. The highest BCUT2D eigenvalue weighted by Gasteiger charge is 2.33. The zero-order valence-electron chi connectivity index (χ0n) is 20.8. The van der Waals surface area contributed by atoms with Crippen LogP contribution in [0.25, 0.3) is 0 Å². The lowest BCUT2D eigenvalue weighted by atomic mass is 9.84. The molecule has 8 nitrogen and oxygen atoms in total. The molecule has 8 heteroatoms. The van der Waals surface area contributed by atoms with Crippen LogP contribution >= 0.6 is 0 Å². The number of Topliss-reactive ketones (excluding diaryl/α,β-unsaturated/α-hetero) is 1. The Morgan fingerprint density at radius 2 is 1.52 bits per heavy atom. The number of nitrogens with two attached hydrogens (primary N) is 1. The number of ketones is 1. The molecule has 5 N–H and O–H groups in total. The average Bonchev–Trinajstić information content (AvgIpc) is 2.67. The summed E-state index contributed by atoms with van der Waals surface area (Å²) in [6, 6.07) is 7.22. The predicted molar refractivity (Wildman–Crippen MR) is 129 cm³/mol. The fourth-order valence-electron chi connectivity index (χ4n) is 3.37. The van der Waals surface area contributed by atoms with Crippen LogP contribution in [0.15, 0.2) is 30.3 Å². The Morgan fingerprint density at radius 3 is 2.03 bits per heavy atom. The number of amides is 4. The van der Waals surface area contributed by atoms with Gasteiger partial charge in [-0.05, 0) is 23.8 Å². The Labute approximate surface area is 197 Å². The molecule has 0 aliphatic rings. The van der Waals surface area contributed by atoms with Crippen LogP contribution in [0, 0.1) is 10.8 Å². The van der Waals surface area contributed by atoms with Gasteiger partial charge in [0.2, 0.25) is 11.8 Å². The highest BCUT2D eigenvalue weighted by molar-refractivity contribution is 5.95. The summed E-state index contributed by atoms with van der Waals surface area (Å²) in [5, 5.41) is 8.20. The quantitative estimate of drug-likeness (QED) is 0.378. The first kappa shape index (κ1) is 28.1. The monoisotopic (exact) mass is 460 g/mol. The Hall–Kier alpha value is -2.90. The minimum atomic E-state index is -0.818. The fourth-order valence-corrected chi connectivity index (χ4v) is 3.37. The van der Waals surface area contributed by atoms with Crippen molar-refractivity contribution in [3.63, 3.8) is 0 Å². The van der Waals surface area contributed by atoms with Crippen molar-refractivity contribution in [1.29, 1.82) is 0 Å². The summed E-state index contributed by atoms with van der Waals surface area (Å²) in [6.45, 7) is 11.5. The van der Waals surface area contributed by atoms with Crippen molar-refractivity contribution in [1.82, 2.24) is 16.0 Å². The summed E-state index contributed by atoms with van der Waals surface area (Å²) in [5.41, 5.74) is 5.10. The summed E-state index contributed by atoms with van der Waals surface area (Å²) < 4.78 is 0. The van der Waals surface area contributed by atoms with Gasteiger partial charge in [-0.3, -0.25) is 14.4 Å². The van der Waals surface area contributed by atoms with Crippen LogP contribution in [0.2, 0.25) is 0 Å². The molecule has 1 aromatic rings. The summed E-state index contributed by atoms with van der Waals surface area (Å²) in [4.78, 5) is 49.8. The Bertz CT molecular complexity index is 810. The van der Waals surface area contributed by atoms with Gasteiger partial charge in [-0.15, -0.1) is 0 Å². The van der Waals surface area contributed by atoms with Gasteiger partial charge in [-0.1, -0.05) is 71.9 Å². The second-order valence-corrected chi connectivity index (χ2v) is 10.7. The van der Waals surface area contributed by atoms with Crippen LogP contribution in [-0.4, -0.2) is 42.3 Å². The molecular formula is C25H40N4O4. The van der Waals surface area contributed by atoms with E-state index >= 15 is 0 Å². The van der Waals surface area contributed by atoms with Crippen molar-refractivity contribution < 1.29 is 19.2 Å². The number of primary amides is 1. The molecule has 0 aliphatic heterocycles. The third-order valence-electron chi connectivity index (χ3n) is 4.97. The number of carbonyl (C=O) groups excluding carboxylic acids is 4. The molecule has 0 fully saturated rings. The second kappa shape index (κ2) is 12.4. The summed E-state index contributed by atoms with van der Waals surface area (Å²) >= 11 is 0. The molecule has 33 heavy (non-hydrogen) atoms. The SMILES string of the molecule is CC(C)(C)CC(=O)NC(Cc1ccccc1)C(=O)NC(CCCNC(N)=O)C(=O)C(C)(C)C. The van der Waals surface area contributed by atoms with Gasteiger partial charge in [0.1, 0.15) is 6.04 Å². The van der Waals surface area contributed by atoms with E-state index in [1.54, 1.807) is 20.8 Å². The van der Waals surface area contributed by atoms with Gasteiger partial charge in [-0.25, -0.2) is 4.79 Å². The lowest BCUT2D eigenvalue weighted by Gasteiger charge is -2.28. The van der Waals surface area contributed by atoms with Crippen molar-refractivity contribution in [2.45, 2.75) is 79.3 Å². The van der Waals surface area contributed by atoms with Crippen LogP contribution in [0.5, 0.6) is 0 Å². The summed E-state index contributed by atoms with van der Waals surface area (Å²) in [5.74, 6) is -0.746. The van der Waals surface area contributed by atoms with Gasteiger partial charge in [-0.2, -0.15) is 0 Å². The van der Waals surface area contributed by atoms with Crippen LogP contribution in [0.1, 0.15) is 66.4 Å². The molecule has 0 saturated carbocycles. The number of carbonyl (C=O) groups is 4. The normalized spacial score (nSPS) is 13.5. The highest BCUT2D eigenvalue weighted by atomic mass is 16.2. The first-order valence-corrected chi connectivity index (χ1v) is 11.4. The highest BCUT2D eigenvalue weighted by Crippen LogP contribution is 2.20. The molecule has 0 heterocycles. The van der Waals surface area contributed by atoms with Crippen molar-refractivity contribution in [2.24, 2.45) is 16.6 Å². The topological polar surface area (TPSA) is 130 Å². The van der Waals surface area contributed by atoms with E-state index in [1.807, 2.05) is 51.1 Å². The number of rotatable bonds is 11. The predicted octanol–water partition coefficient (Wildman–Crippen LogP) is 2.70. The molecular weight excluding hydrogens is 420 g/mol. The van der Waals surface area contributed by atoms with Crippen LogP contribution in [-0.2, 0) is 20.8 Å². The number of urea groups is 1. The van der Waals surface area contributed by atoms with Gasteiger partial charge in [0.15, 0.2) is 5.78 Å². The summed E-state index contributed by atoms with van der Waals surface area (Å²) in [6.07, 6.45) is 1.39. The standard InChI is InChI=1S/C25H40N4O4/c1-24(2,3)16-20(30)28-19(15-17-11-8-7-9-12-17)22(32)29-18(21(31)25(4,5)6)13-10-14-27-23(26)33/h7-9,11-12,18-19H,10,13-16H2,1-6H3,(H,28,30)(H,29,32)(H3,26,27,33). The van der Waals surface area contributed by atoms with Crippen molar-refractivity contribution in [3.8, 4) is 0 Å². The number of hydrogen-bond donors (Lipinski definition) is 4. The maximum absolute atomic E-state index is 13.3. The Morgan fingerprint density at radius 1 is 0.909 bits per heavy atom. The third kappa shape index (κ3) is 11.5. The van der Waals surface area contributed by atoms with Crippen molar-refractivity contribution in [2.75, 3.05) is 6.54 Å². The van der Waals surface area contributed by atoms with E-state index in [1.165, 1.54) is 0 Å². The van der Waals surface area contributed by atoms with E-state index in [0.717, 1.165) is 5.56 Å². The lowest BCUT2D eigenvalue weighted by Crippen LogP contribution is -2.54. The minimum absolute atomic E-state index is 0.116. The van der Waals surface area contributed by atoms with E-state index in [2.05, 4.69) is 16.0 Å². The van der Waals surface area contributed by atoms with Gasteiger partial charge in [0.05, 0.1) is 6.04 Å². The Balaban J connectivity index is 3.02. The molecule has 4 amide bonds. The minimum Gasteiger partial charge on any atom is -0.352 e. The molecule has 1 aromatic carbocycles. The fraction of sp³-hybridized carbons (Fsp3) is 0.600. The third-order valence-corrected chi connectivity index (χ3v) is 4.97. The molecule has 2 unspecified atom stereocenters. The van der Waals surface area contributed by atoms with Crippen LogP contribution in [0.3, 0.4) is 0 Å². The smallest absolute Gasteiger partial charge is 0.312 e. The largest absolute Gasteiger partial charge is 0.352 e.